The highest BCUT2D eigenvalue weighted by atomic mass is 28.4. The van der Waals surface area contributed by atoms with Crippen molar-refractivity contribution in [3.63, 3.8) is 0 Å². The zero-order valence-corrected chi connectivity index (χ0v) is 17.2. The molecule has 0 unspecified atom stereocenters. The molecule has 6 heteroatoms. The third-order valence-electron chi connectivity index (χ3n) is 5.67. The van der Waals surface area contributed by atoms with Crippen molar-refractivity contribution in [2.75, 3.05) is 13.7 Å². The number of carbonyl (C=O) groups is 1. The van der Waals surface area contributed by atoms with Crippen LogP contribution in [0.3, 0.4) is 0 Å². The molecule has 0 heterocycles. The lowest BCUT2D eigenvalue weighted by molar-refractivity contribution is 0.0838. The molecule has 0 saturated heterocycles. The van der Waals surface area contributed by atoms with Crippen LogP contribution in [0.15, 0.2) is 18.2 Å². The van der Waals surface area contributed by atoms with Gasteiger partial charge in [0.2, 0.25) is 0 Å². The summed E-state index contributed by atoms with van der Waals surface area (Å²) in [7, 11) is -0.290. The van der Waals surface area contributed by atoms with Crippen molar-refractivity contribution in [1.29, 1.82) is 0 Å². The normalized spacial score (nSPS) is 20.4. The highest BCUT2D eigenvalue weighted by Gasteiger charge is 2.39. The maximum absolute atomic E-state index is 11.0. The van der Waals surface area contributed by atoms with Gasteiger partial charge in [0, 0.05) is 26.1 Å². The van der Waals surface area contributed by atoms with Crippen LogP contribution in [0.1, 0.15) is 43.6 Å². The van der Waals surface area contributed by atoms with E-state index in [-0.39, 0.29) is 11.0 Å². The van der Waals surface area contributed by atoms with E-state index in [9.17, 15) is 9.90 Å². The first-order chi connectivity index (χ1) is 11.4. The summed E-state index contributed by atoms with van der Waals surface area (Å²) in [5.41, 5.74) is 2.95. The van der Waals surface area contributed by atoms with Gasteiger partial charge in [-0.15, -0.1) is 0 Å². The molecule has 0 aliphatic heterocycles. The number of aliphatic hydroxyl groups is 1. The van der Waals surface area contributed by atoms with Crippen molar-refractivity contribution in [3.8, 4) is 0 Å². The molecule has 0 aromatic heterocycles. The van der Waals surface area contributed by atoms with Gasteiger partial charge in [0.15, 0.2) is 8.32 Å². The molecule has 140 valence electrons. The molecule has 2 N–H and O–H groups in total. The topological polar surface area (TPSA) is 70.0 Å². The van der Waals surface area contributed by atoms with E-state index in [1.807, 2.05) is 18.2 Å². The minimum Gasteiger partial charge on any atom is -0.465 e. The monoisotopic (exact) mass is 365 g/mol. The molecule has 0 spiro atoms. The Hall–Kier alpha value is -1.37. The summed E-state index contributed by atoms with van der Waals surface area (Å²) in [6, 6.07) is 5.89. The van der Waals surface area contributed by atoms with Crippen molar-refractivity contribution < 1.29 is 19.4 Å². The number of amides is 1. The molecule has 0 saturated carbocycles. The number of fused-ring (bicyclic) bond motifs is 1. The number of hydrogen-bond donors (Lipinski definition) is 2. The van der Waals surface area contributed by atoms with Gasteiger partial charge in [-0.2, -0.15) is 0 Å². The van der Waals surface area contributed by atoms with Gasteiger partial charge in [-0.05, 0) is 41.2 Å². The zero-order chi connectivity index (χ0) is 19.0. The van der Waals surface area contributed by atoms with Crippen LogP contribution < -0.4 is 0 Å². The highest BCUT2D eigenvalue weighted by Crippen LogP contribution is 2.40. The second kappa shape index (κ2) is 7.09. The number of hydrogen-bond acceptors (Lipinski definition) is 3. The summed E-state index contributed by atoms with van der Waals surface area (Å²) < 4.78 is 6.30. The van der Waals surface area contributed by atoms with Crippen LogP contribution in [-0.4, -0.2) is 43.2 Å². The lowest BCUT2D eigenvalue weighted by Crippen LogP contribution is -2.42. The van der Waals surface area contributed by atoms with Crippen LogP contribution in [0.4, 0.5) is 4.79 Å². The van der Waals surface area contributed by atoms with E-state index in [0.717, 1.165) is 23.1 Å². The Morgan fingerprint density at radius 2 is 2.00 bits per heavy atom. The summed E-state index contributed by atoms with van der Waals surface area (Å²) in [5.74, 6) is 0.0663. The molecule has 0 bridgehead atoms. The first kappa shape index (κ1) is 19.9. The summed E-state index contributed by atoms with van der Waals surface area (Å²) in [5, 5.41) is 19.9. The molecule has 25 heavy (non-hydrogen) atoms. The average molecular weight is 366 g/mol. The van der Waals surface area contributed by atoms with Crippen molar-refractivity contribution in [1.82, 2.24) is 4.90 Å². The van der Waals surface area contributed by atoms with Crippen LogP contribution >= 0.6 is 0 Å². The fourth-order valence-corrected chi connectivity index (χ4v) is 3.94. The van der Waals surface area contributed by atoms with E-state index in [1.165, 1.54) is 4.90 Å². The standard InChI is InChI=1S/C19H31NO4Si/c1-19(2,3)25(5,6)24-12-15-10-14-8-7-13(9-16(14)17(15)21)11-20(4)18(22)23/h7-9,15,17,21H,10-12H2,1-6H3,(H,22,23)/t15-,17+/m1/s1. The van der Waals surface area contributed by atoms with Crippen molar-refractivity contribution in [2.45, 2.75) is 58.0 Å². The van der Waals surface area contributed by atoms with Gasteiger partial charge in [-0.1, -0.05) is 39.0 Å². The van der Waals surface area contributed by atoms with E-state index in [0.29, 0.717) is 13.2 Å². The number of carboxylic acid groups (broad SMARTS) is 1. The van der Waals surface area contributed by atoms with E-state index in [4.69, 9.17) is 9.53 Å². The van der Waals surface area contributed by atoms with E-state index in [1.54, 1.807) is 7.05 Å². The molecular formula is C19H31NO4Si. The van der Waals surface area contributed by atoms with Gasteiger partial charge in [0.25, 0.3) is 0 Å². The quantitative estimate of drug-likeness (QED) is 0.773. The third-order valence-corrected chi connectivity index (χ3v) is 10.2. The first-order valence-corrected chi connectivity index (χ1v) is 11.7. The van der Waals surface area contributed by atoms with Crippen LogP contribution in [0.25, 0.3) is 0 Å². The van der Waals surface area contributed by atoms with Crippen LogP contribution in [-0.2, 0) is 17.4 Å². The molecule has 1 aromatic carbocycles. The molecule has 1 aliphatic carbocycles. The van der Waals surface area contributed by atoms with Gasteiger partial charge in [-0.3, -0.25) is 0 Å². The molecule has 1 aliphatic rings. The van der Waals surface area contributed by atoms with Crippen molar-refractivity contribution in [2.24, 2.45) is 5.92 Å². The molecule has 5 nitrogen and oxygen atoms in total. The second-order valence-electron chi connectivity index (χ2n) is 8.65. The largest absolute Gasteiger partial charge is 0.465 e. The Bertz CT molecular complexity index is 639. The Labute approximate surface area is 151 Å². The molecule has 1 amide bonds. The number of rotatable bonds is 5. The predicted octanol–water partition coefficient (Wildman–Crippen LogP) is 4.02. The Morgan fingerprint density at radius 3 is 2.56 bits per heavy atom. The maximum atomic E-state index is 11.0. The smallest absolute Gasteiger partial charge is 0.407 e. The maximum Gasteiger partial charge on any atom is 0.407 e. The Morgan fingerprint density at radius 1 is 1.36 bits per heavy atom. The third kappa shape index (κ3) is 4.43. The minimum atomic E-state index is -1.83. The van der Waals surface area contributed by atoms with Gasteiger partial charge in [-0.25, -0.2) is 4.79 Å². The van der Waals surface area contributed by atoms with Crippen LogP contribution in [0, 0.1) is 5.92 Å². The lowest BCUT2D eigenvalue weighted by atomic mass is 10.0. The first-order valence-electron chi connectivity index (χ1n) is 8.80. The van der Waals surface area contributed by atoms with Crippen molar-refractivity contribution >= 4 is 14.4 Å². The van der Waals surface area contributed by atoms with Gasteiger partial charge in [0.05, 0.1) is 6.10 Å². The summed E-state index contributed by atoms with van der Waals surface area (Å²) in [4.78, 5) is 12.2. The summed E-state index contributed by atoms with van der Waals surface area (Å²) >= 11 is 0. The van der Waals surface area contributed by atoms with E-state index < -0.39 is 20.5 Å². The van der Waals surface area contributed by atoms with Gasteiger partial charge >= 0.3 is 6.09 Å². The van der Waals surface area contributed by atoms with E-state index in [2.05, 4.69) is 33.9 Å². The fraction of sp³-hybridized carbons (Fsp3) is 0.632. The summed E-state index contributed by atoms with van der Waals surface area (Å²) in [6.07, 6.45) is -0.697. The molecule has 0 fully saturated rings. The SMILES string of the molecule is CN(Cc1ccc2c(c1)[C@@H](O)[C@@H](CO[Si](C)(C)C(C)(C)C)C2)C(=O)O. The average Bonchev–Trinajstić information content (AvgIpc) is 2.80. The Kier molecular flexibility index (Phi) is 5.66. The molecular weight excluding hydrogens is 334 g/mol. The lowest BCUT2D eigenvalue weighted by Gasteiger charge is -2.37. The van der Waals surface area contributed by atoms with Crippen LogP contribution in [0.2, 0.25) is 18.1 Å². The number of benzene rings is 1. The minimum absolute atomic E-state index is 0.0663. The van der Waals surface area contributed by atoms with Crippen molar-refractivity contribution in [3.05, 3.63) is 34.9 Å². The fourth-order valence-electron chi connectivity index (χ4n) is 2.88. The van der Waals surface area contributed by atoms with Gasteiger partial charge in [0.1, 0.15) is 0 Å². The summed E-state index contributed by atoms with van der Waals surface area (Å²) in [6.45, 7) is 12.0. The molecule has 0 radical (unpaired) electrons. The number of aliphatic hydroxyl groups excluding tert-OH is 1. The number of nitrogens with zero attached hydrogens (tertiary/aromatic N) is 1. The zero-order valence-electron chi connectivity index (χ0n) is 16.2. The molecule has 1 aromatic rings. The second-order valence-corrected chi connectivity index (χ2v) is 13.5. The highest BCUT2D eigenvalue weighted by molar-refractivity contribution is 6.74. The molecule has 2 atom stereocenters. The van der Waals surface area contributed by atoms with E-state index >= 15 is 0 Å². The predicted molar refractivity (Wildman–Crippen MR) is 101 cm³/mol. The Balaban J connectivity index is 2.06. The molecule has 2 rings (SSSR count). The van der Waals surface area contributed by atoms with Crippen LogP contribution in [0.5, 0.6) is 0 Å². The van der Waals surface area contributed by atoms with Gasteiger partial charge < -0.3 is 19.5 Å².